The molecule has 1 fully saturated rings. The Hall–Kier alpha value is -2.38. The number of likely N-dealkylation sites (tertiary alicyclic amines) is 1. The number of nitrogens with one attached hydrogen (secondary N) is 1. The lowest BCUT2D eigenvalue weighted by Crippen LogP contribution is -2.48. The fourth-order valence-corrected chi connectivity index (χ4v) is 3.07. The van der Waals surface area contributed by atoms with Crippen molar-refractivity contribution in [3.05, 3.63) is 30.9 Å². The average Bonchev–Trinajstić information content (AvgIpc) is 3.21. The summed E-state index contributed by atoms with van der Waals surface area (Å²) in [7, 11) is 3.72. The Bertz CT molecular complexity index is 644. The van der Waals surface area contributed by atoms with Gasteiger partial charge in [0.15, 0.2) is 5.96 Å². The number of piperidine rings is 1. The van der Waals surface area contributed by atoms with Gasteiger partial charge in [-0.1, -0.05) is 6.92 Å². The zero-order chi connectivity index (χ0) is 16.2. The van der Waals surface area contributed by atoms with Gasteiger partial charge in [-0.15, -0.1) is 0 Å². The van der Waals surface area contributed by atoms with Crippen LogP contribution in [0, 0.1) is 5.92 Å². The van der Waals surface area contributed by atoms with Gasteiger partial charge in [-0.25, -0.2) is 9.97 Å². The predicted octanol–water partition coefficient (Wildman–Crippen LogP) is 0.670. The number of guanidine groups is 1. The zero-order valence-electron chi connectivity index (χ0n) is 13.9. The molecule has 0 radical (unpaired) electrons. The molecule has 2 unspecified atom stereocenters. The number of nitrogens with zero attached hydrogens (tertiary/aromatic N) is 7. The number of aryl methyl sites for hydroxylation is 1. The molecular weight excluding hydrogens is 292 g/mol. The second-order valence-electron chi connectivity index (χ2n) is 5.99. The first-order chi connectivity index (χ1) is 11.2. The number of aromatic nitrogens is 5. The minimum absolute atomic E-state index is 0.416. The summed E-state index contributed by atoms with van der Waals surface area (Å²) in [6.45, 7) is 4.85. The first kappa shape index (κ1) is 15.5. The van der Waals surface area contributed by atoms with Crippen LogP contribution in [0.25, 0.3) is 0 Å². The van der Waals surface area contributed by atoms with Crippen molar-refractivity contribution in [3.8, 4) is 0 Å². The summed E-state index contributed by atoms with van der Waals surface area (Å²) in [6, 6.07) is 0.416. The van der Waals surface area contributed by atoms with Gasteiger partial charge in [-0.3, -0.25) is 9.67 Å². The summed E-state index contributed by atoms with van der Waals surface area (Å²) in [5, 5.41) is 7.48. The molecule has 1 aliphatic rings. The molecule has 1 saturated heterocycles. The van der Waals surface area contributed by atoms with Gasteiger partial charge in [0.2, 0.25) is 0 Å². The molecule has 124 valence electrons. The molecular formula is C15H24N8. The highest BCUT2D eigenvalue weighted by Gasteiger charge is 2.28. The van der Waals surface area contributed by atoms with E-state index in [1.54, 1.807) is 11.0 Å². The SMILES string of the molecule is CN=C(NCc1ncnn1C)N1CCC(C)C(n2ccnc2)C1. The molecule has 0 spiro atoms. The smallest absolute Gasteiger partial charge is 0.194 e. The van der Waals surface area contributed by atoms with E-state index in [0.29, 0.717) is 18.5 Å². The topological polar surface area (TPSA) is 76.2 Å². The second kappa shape index (κ2) is 6.80. The molecule has 2 aromatic heterocycles. The third kappa shape index (κ3) is 3.35. The summed E-state index contributed by atoms with van der Waals surface area (Å²) >= 11 is 0. The van der Waals surface area contributed by atoms with Crippen molar-refractivity contribution in [2.75, 3.05) is 20.1 Å². The molecule has 0 aromatic carbocycles. The van der Waals surface area contributed by atoms with E-state index in [0.717, 1.165) is 31.3 Å². The quantitative estimate of drug-likeness (QED) is 0.665. The maximum Gasteiger partial charge on any atom is 0.194 e. The van der Waals surface area contributed by atoms with E-state index < -0.39 is 0 Å². The molecule has 23 heavy (non-hydrogen) atoms. The van der Waals surface area contributed by atoms with Crippen molar-refractivity contribution in [3.63, 3.8) is 0 Å². The maximum atomic E-state index is 4.43. The zero-order valence-corrected chi connectivity index (χ0v) is 13.9. The van der Waals surface area contributed by atoms with Gasteiger partial charge in [0.1, 0.15) is 12.2 Å². The maximum absolute atomic E-state index is 4.43. The molecule has 8 nitrogen and oxygen atoms in total. The van der Waals surface area contributed by atoms with Crippen LogP contribution in [0.1, 0.15) is 25.2 Å². The summed E-state index contributed by atoms with van der Waals surface area (Å²) in [6.07, 6.45) is 8.48. The van der Waals surface area contributed by atoms with E-state index in [1.165, 1.54) is 0 Å². The lowest BCUT2D eigenvalue weighted by molar-refractivity contribution is 0.189. The van der Waals surface area contributed by atoms with Gasteiger partial charge in [0, 0.05) is 39.6 Å². The summed E-state index contributed by atoms with van der Waals surface area (Å²) in [5.41, 5.74) is 0. The van der Waals surface area contributed by atoms with E-state index in [1.807, 2.05) is 32.8 Å². The van der Waals surface area contributed by atoms with E-state index in [2.05, 4.69) is 41.8 Å². The Kier molecular flexibility index (Phi) is 4.59. The van der Waals surface area contributed by atoms with Crippen molar-refractivity contribution < 1.29 is 0 Å². The van der Waals surface area contributed by atoms with E-state index >= 15 is 0 Å². The van der Waals surface area contributed by atoms with Crippen molar-refractivity contribution >= 4 is 5.96 Å². The third-order valence-electron chi connectivity index (χ3n) is 4.55. The molecule has 0 saturated carbocycles. The monoisotopic (exact) mass is 316 g/mol. The highest BCUT2D eigenvalue weighted by Crippen LogP contribution is 2.27. The minimum atomic E-state index is 0.416. The molecule has 1 N–H and O–H groups in total. The fourth-order valence-electron chi connectivity index (χ4n) is 3.07. The van der Waals surface area contributed by atoms with Crippen molar-refractivity contribution in [1.82, 2.24) is 34.5 Å². The Balaban J connectivity index is 1.65. The largest absolute Gasteiger partial charge is 0.349 e. The number of imidazole rings is 1. The molecule has 0 amide bonds. The van der Waals surface area contributed by atoms with Gasteiger partial charge in [0.25, 0.3) is 0 Å². The number of hydrogen-bond donors (Lipinski definition) is 1. The summed E-state index contributed by atoms with van der Waals surface area (Å²) < 4.78 is 3.97. The average molecular weight is 316 g/mol. The molecule has 2 atom stereocenters. The van der Waals surface area contributed by atoms with Crippen LogP contribution in [0.3, 0.4) is 0 Å². The number of aliphatic imine (C=N–C) groups is 1. The Morgan fingerprint density at radius 1 is 1.48 bits per heavy atom. The molecule has 3 heterocycles. The van der Waals surface area contributed by atoms with Gasteiger partial charge >= 0.3 is 0 Å². The lowest BCUT2D eigenvalue weighted by atomic mass is 9.93. The summed E-state index contributed by atoms with van der Waals surface area (Å²) in [5.74, 6) is 2.42. The predicted molar refractivity (Wildman–Crippen MR) is 87.8 cm³/mol. The van der Waals surface area contributed by atoms with Crippen LogP contribution >= 0.6 is 0 Å². The van der Waals surface area contributed by atoms with E-state index in [9.17, 15) is 0 Å². The third-order valence-corrected chi connectivity index (χ3v) is 4.55. The number of hydrogen-bond acceptors (Lipinski definition) is 4. The van der Waals surface area contributed by atoms with Crippen LogP contribution in [0.2, 0.25) is 0 Å². The molecule has 8 heteroatoms. The fraction of sp³-hybridized carbons (Fsp3) is 0.600. The molecule has 1 aliphatic heterocycles. The van der Waals surface area contributed by atoms with Gasteiger partial charge in [-0.05, 0) is 12.3 Å². The highest BCUT2D eigenvalue weighted by atomic mass is 15.4. The molecule has 0 bridgehead atoms. The van der Waals surface area contributed by atoms with Crippen LogP contribution in [-0.2, 0) is 13.6 Å². The lowest BCUT2D eigenvalue weighted by Gasteiger charge is -2.39. The van der Waals surface area contributed by atoms with Crippen molar-refractivity contribution in [2.45, 2.75) is 25.9 Å². The minimum Gasteiger partial charge on any atom is -0.349 e. The van der Waals surface area contributed by atoms with Crippen LogP contribution in [-0.4, -0.2) is 55.3 Å². The van der Waals surface area contributed by atoms with Gasteiger partial charge < -0.3 is 14.8 Å². The molecule has 0 aliphatic carbocycles. The second-order valence-corrected chi connectivity index (χ2v) is 5.99. The van der Waals surface area contributed by atoms with E-state index in [-0.39, 0.29) is 0 Å². The highest BCUT2D eigenvalue weighted by molar-refractivity contribution is 5.79. The Morgan fingerprint density at radius 2 is 2.35 bits per heavy atom. The first-order valence-corrected chi connectivity index (χ1v) is 7.95. The van der Waals surface area contributed by atoms with Crippen molar-refractivity contribution in [1.29, 1.82) is 0 Å². The van der Waals surface area contributed by atoms with Crippen LogP contribution < -0.4 is 5.32 Å². The van der Waals surface area contributed by atoms with Gasteiger partial charge in [-0.2, -0.15) is 5.10 Å². The van der Waals surface area contributed by atoms with Crippen LogP contribution in [0.4, 0.5) is 0 Å². The number of rotatable bonds is 3. The molecule has 3 rings (SSSR count). The van der Waals surface area contributed by atoms with Crippen LogP contribution in [0.5, 0.6) is 0 Å². The Labute approximate surface area is 136 Å². The standard InChI is InChI=1S/C15H24N8/c1-12-4-6-22(9-13(12)23-7-5-17-11-23)15(16-2)18-8-14-19-10-20-21(14)3/h5,7,10-13H,4,6,8-9H2,1-3H3,(H,16,18). The Morgan fingerprint density at radius 3 is 3.00 bits per heavy atom. The van der Waals surface area contributed by atoms with Gasteiger partial charge in [0.05, 0.1) is 18.9 Å². The van der Waals surface area contributed by atoms with Crippen LogP contribution in [0.15, 0.2) is 30.0 Å². The first-order valence-electron chi connectivity index (χ1n) is 7.95. The summed E-state index contributed by atoms with van der Waals surface area (Å²) in [4.78, 5) is 15.2. The normalized spacial score (nSPS) is 22.4. The van der Waals surface area contributed by atoms with E-state index in [4.69, 9.17) is 0 Å². The van der Waals surface area contributed by atoms with Crippen molar-refractivity contribution in [2.24, 2.45) is 18.0 Å². The molecule has 2 aromatic rings.